The molecule has 0 fully saturated rings. The molecule has 0 saturated carbocycles. The summed E-state index contributed by atoms with van der Waals surface area (Å²) in [6, 6.07) is 9.75. The summed E-state index contributed by atoms with van der Waals surface area (Å²) in [7, 11) is 0. The van der Waals surface area contributed by atoms with Crippen molar-refractivity contribution in [1.82, 2.24) is 10.2 Å². The molecule has 2 aromatic rings. The Bertz CT molecular complexity index is 543. The fraction of sp³-hybridized carbons (Fsp3) is 0.333. The van der Waals surface area contributed by atoms with Crippen molar-refractivity contribution in [2.24, 2.45) is 0 Å². The average Bonchev–Trinajstić information content (AvgIpc) is 2.82. The van der Waals surface area contributed by atoms with Crippen LogP contribution < -0.4 is 10.5 Å². The molecule has 0 bridgehead atoms. The van der Waals surface area contributed by atoms with Crippen LogP contribution in [0.4, 0.5) is 0 Å². The number of aromatic nitrogens is 2. The minimum absolute atomic E-state index is 0.124. The number of nitrogens with zero attached hydrogens (tertiary/aromatic N) is 1. The highest BCUT2D eigenvalue weighted by molar-refractivity contribution is 14.1. The molecule has 0 aliphatic rings. The summed E-state index contributed by atoms with van der Waals surface area (Å²) in [6.45, 7) is 0. The van der Waals surface area contributed by atoms with Crippen LogP contribution in [-0.2, 0) is 5.75 Å². The van der Waals surface area contributed by atoms with Gasteiger partial charge in [0.15, 0.2) is 0 Å². The minimum atomic E-state index is -0.505. The van der Waals surface area contributed by atoms with E-state index in [0.717, 1.165) is 17.9 Å². The molecule has 0 radical (unpaired) electrons. The van der Waals surface area contributed by atoms with Gasteiger partial charge in [-0.1, -0.05) is 18.2 Å². The van der Waals surface area contributed by atoms with Gasteiger partial charge in [-0.05, 0) is 40.5 Å². The zero-order valence-electron chi connectivity index (χ0n) is 10.0. The molecular formula is C12H13IN2O3S. The first-order chi connectivity index (χ1) is 9.24. The Morgan fingerprint density at radius 3 is 2.89 bits per heavy atom. The molecular weight excluding hydrogens is 379 g/mol. The maximum atomic E-state index is 10.7. The molecule has 0 aliphatic heterocycles. The largest absolute Gasteiger partial charge is 0.480 e. The number of hydrogen-bond donors (Lipinski definition) is 1. The summed E-state index contributed by atoms with van der Waals surface area (Å²) in [5, 5.41) is 5.98. The Hall–Kier alpha value is -0.960. The predicted octanol–water partition coefficient (Wildman–Crippen LogP) is 2.83. The van der Waals surface area contributed by atoms with Crippen LogP contribution in [0.5, 0.6) is 5.75 Å². The Morgan fingerprint density at radius 2 is 2.21 bits per heavy atom. The average molecular weight is 392 g/mol. The summed E-state index contributed by atoms with van der Waals surface area (Å²) in [6.07, 6.45) is 0.911. The molecule has 1 aromatic carbocycles. The number of halogens is 1. The molecule has 19 heavy (non-hydrogen) atoms. The van der Waals surface area contributed by atoms with Crippen LogP contribution >= 0.6 is 34.4 Å². The molecule has 1 unspecified atom stereocenters. The second-order valence-corrected chi connectivity index (χ2v) is 6.18. The first-order valence-electron chi connectivity index (χ1n) is 5.72. The number of hydrogen-bond acceptors (Lipinski definition) is 5. The maximum absolute atomic E-state index is 10.7. The van der Waals surface area contributed by atoms with E-state index in [9.17, 15) is 4.79 Å². The highest BCUT2D eigenvalue weighted by Gasteiger charge is 2.07. The van der Waals surface area contributed by atoms with Gasteiger partial charge < -0.3 is 9.15 Å². The lowest BCUT2D eigenvalue weighted by Crippen LogP contribution is -2.08. The number of ether oxygens (including phenoxy) is 1. The van der Waals surface area contributed by atoms with Crippen LogP contribution in [0, 0.1) is 0 Å². The van der Waals surface area contributed by atoms with Crippen molar-refractivity contribution >= 4 is 34.4 Å². The highest BCUT2D eigenvalue weighted by Crippen LogP contribution is 2.19. The topological polar surface area (TPSA) is 68.1 Å². The quantitative estimate of drug-likeness (QED) is 0.446. The van der Waals surface area contributed by atoms with Gasteiger partial charge in [0.2, 0.25) is 5.89 Å². The lowest BCUT2D eigenvalue weighted by Gasteiger charge is -2.12. The van der Waals surface area contributed by atoms with Crippen molar-refractivity contribution in [3.05, 3.63) is 46.8 Å². The van der Waals surface area contributed by atoms with Crippen molar-refractivity contribution in [3.63, 3.8) is 0 Å². The molecule has 2 rings (SSSR count). The first kappa shape index (κ1) is 14.4. The zero-order chi connectivity index (χ0) is 13.5. The molecule has 1 atom stereocenters. The van der Waals surface area contributed by atoms with Crippen molar-refractivity contribution in [2.75, 3.05) is 5.75 Å². The predicted molar refractivity (Wildman–Crippen MR) is 82.8 cm³/mol. The number of nitrogens with one attached hydrogen (secondary N) is 1. The number of alkyl halides is 1. The molecule has 7 heteroatoms. The molecule has 1 aromatic heterocycles. The van der Waals surface area contributed by atoms with Crippen LogP contribution in [0.15, 0.2) is 39.5 Å². The summed E-state index contributed by atoms with van der Waals surface area (Å²) in [5.41, 5.74) is 0. The van der Waals surface area contributed by atoms with Crippen molar-refractivity contribution in [3.8, 4) is 5.75 Å². The van der Waals surface area contributed by atoms with Crippen molar-refractivity contribution < 1.29 is 9.15 Å². The molecule has 0 aliphatic carbocycles. The minimum Gasteiger partial charge on any atom is -0.480 e. The fourth-order valence-corrected chi connectivity index (χ4v) is 3.21. The van der Waals surface area contributed by atoms with E-state index in [4.69, 9.17) is 9.15 Å². The highest BCUT2D eigenvalue weighted by atomic mass is 127. The normalized spacial score (nSPS) is 12.3. The second kappa shape index (κ2) is 7.59. The van der Waals surface area contributed by atoms with Gasteiger partial charge in [-0.15, -0.1) is 5.10 Å². The third-order valence-corrected chi connectivity index (χ3v) is 4.06. The van der Waals surface area contributed by atoms with Crippen LogP contribution in [0.2, 0.25) is 0 Å². The first-order valence-corrected chi connectivity index (χ1v) is 8.12. The van der Waals surface area contributed by atoms with Gasteiger partial charge in [-0.2, -0.15) is 11.8 Å². The van der Waals surface area contributed by atoms with Gasteiger partial charge in [-0.3, -0.25) is 0 Å². The lowest BCUT2D eigenvalue weighted by molar-refractivity contribution is 0.300. The smallest absolute Gasteiger partial charge is 0.434 e. The van der Waals surface area contributed by atoms with Crippen molar-refractivity contribution in [2.45, 2.75) is 16.3 Å². The van der Waals surface area contributed by atoms with Crippen LogP contribution in [-0.4, -0.2) is 20.1 Å². The monoisotopic (exact) mass is 392 g/mol. The number of rotatable bonds is 7. The molecule has 5 nitrogen and oxygen atoms in total. The van der Waals surface area contributed by atoms with E-state index >= 15 is 0 Å². The fourth-order valence-electron chi connectivity index (χ4n) is 1.36. The van der Waals surface area contributed by atoms with Gasteiger partial charge in [-0.25, -0.2) is 9.89 Å². The van der Waals surface area contributed by atoms with Crippen LogP contribution in [0.25, 0.3) is 0 Å². The third kappa shape index (κ3) is 5.27. The van der Waals surface area contributed by atoms with E-state index in [1.165, 1.54) is 0 Å². The van der Waals surface area contributed by atoms with Crippen molar-refractivity contribution in [1.29, 1.82) is 0 Å². The van der Waals surface area contributed by atoms with Gasteiger partial charge in [0.25, 0.3) is 0 Å². The second-order valence-electron chi connectivity index (χ2n) is 3.69. The van der Waals surface area contributed by atoms with E-state index in [0.29, 0.717) is 11.6 Å². The molecule has 1 heterocycles. The maximum Gasteiger partial charge on any atom is 0.434 e. The zero-order valence-corrected chi connectivity index (χ0v) is 13.0. The molecule has 0 amide bonds. The van der Waals surface area contributed by atoms with Gasteiger partial charge in [0.1, 0.15) is 9.86 Å². The number of aromatic amines is 1. The van der Waals surface area contributed by atoms with Gasteiger partial charge >= 0.3 is 5.76 Å². The van der Waals surface area contributed by atoms with Gasteiger partial charge in [0, 0.05) is 6.42 Å². The van der Waals surface area contributed by atoms with Crippen LogP contribution in [0.3, 0.4) is 0 Å². The number of H-pyrrole nitrogens is 1. The van der Waals surface area contributed by atoms with E-state index < -0.39 is 5.76 Å². The van der Waals surface area contributed by atoms with E-state index in [1.54, 1.807) is 11.8 Å². The Kier molecular flexibility index (Phi) is 5.77. The molecule has 1 N–H and O–H groups in total. The van der Waals surface area contributed by atoms with Gasteiger partial charge in [0.05, 0.1) is 5.75 Å². The lowest BCUT2D eigenvalue weighted by atomic mass is 10.3. The summed E-state index contributed by atoms with van der Waals surface area (Å²) < 4.78 is 10.7. The number of thioether (sulfide) groups is 1. The summed E-state index contributed by atoms with van der Waals surface area (Å²) in [5.74, 6) is 2.31. The Morgan fingerprint density at radius 1 is 1.42 bits per heavy atom. The van der Waals surface area contributed by atoms with E-state index in [-0.39, 0.29) is 4.11 Å². The van der Waals surface area contributed by atoms with Crippen LogP contribution in [0.1, 0.15) is 12.3 Å². The number of para-hydroxylation sites is 1. The molecule has 0 spiro atoms. The summed E-state index contributed by atoms with van der Waals surface area (Å²) >= 11 is 3.93. The van der Waals surface area contributed by atoms with E-state index in [2.05, 4.69) is 32.8 Å². The number of benzene rings is 1. The SMILES string of the molecule is O=c1[nH]nc(CSCCC(I)Oc2ccccc2)o1. The Balaban J connectivity index is 1.64. The standard InChI is InChI=1S/C12H13IN2O3S/c13-10(17-9-4-2-1-3-5-9)6-7-19-8-11-14-15-12(16)18-11/h1-5,10H,6-8H2,(H,15,16). The molecule has 102 valence electrons. The molecule has 0 saturated heterocycles. The summed E-state index contributed by atoms with van der Waals surface area (Å²) in [4.78, 5) is 10.7. The third-order valence-electron chi connectivity index (χ3n) is 2.20. The van der Waals surface area contributed by atoms with E-state index in [1.807, 2.05) is 30.3 Å². The Labute approximate surface area is 128 Å².